The molecule has 0 bridgehead atoms. The van der Waals surface area contributed by atoms with Gasteiger partial charge in [0.25, 0.3) is 0 Å². The van der Waals surface area contributed by atoms with Gasteiger partial charge in [0.2, 0.25) is 5.91 Å². The monoisotopic (exact) mass is 425 g/mol. The molecule has 0 fully saturated rings. The molecule has 1 amide bonds. The molecule has 2 aromatic heterocycles. The van der Waals surface area contributed by atoms with Crippen molar-refractivity contribution >= 4 is 39.0 Å². The highest BCUT2D eigenvalue weighted by Gasteiger charge is 2.18. The van der Waals surface area contributed by atoms with E-state index in [0.717, 1.165) is 38.7 Å². The summed E-state index contributed by atoms with van der Waals surface area (Å²) in [5, 5.41) is 3.81. The van der Waals surface area contributed by atoms with Crippen molar-refractivity contribution in [2.45, 2.75) is 13.5 Å². The van der Waals surface area contributed by atoms with Crippen LogP contribution in [0.1, 0.15) is 22.8 Å². The van der Waals surface area contributed by atoms with Gasteiger partial charge in [0.1, 0.15) is 5.75 Å². The molecule has 0 saturated carbocycles. The van der Waals surface area contributed by atoms with Crippen LogP contribution in [0.15, 0.2) is 72.1 Å². The summed E-state index contributed by atoms with van der Waals surface area (Å²) in [6.07, 6.45) is 0. The van der Waals surface area contributed by atoms with E-state index < -0.39 is 5.91 Å². The van der Waals surface area contributed by atoms with Crippen LogP contribution in [0.5, 0.6) is 5.75 Å². The first-order chi connectivity index (χ1) is 15.2. The van der Waals surface area contributed by atoms with Gasteiger partial charge in [-0.2, -0.15) is 0 Å². The summed E-state index contributed by atoms with van der Waals surface area (Å²) in [7, 11) is 0. The first kappa shape index (κ1) is 19.4. The van der Waals surface area contributed by atoms with Crippen molar-refractivity contribution in [3.63, 3.8) is 0 Å². The predicted octanol–water partition coefficient (Wildman–Crippen LogP) is 5.87. The highest BCUT2D eigenvalue weighted by Crippen LogP contribution is 2.36. The van der Waals surface area contributed by atoms with E-state index in [1.807, 2.05) is 49.4 Å². The van der Waals surface area contributed by atoms with Crippen molar-refractivity contribution in [3.8, 4) is 16.2 Å². The smallest absolute Gasteiger partial charge is 0.249 e. The Labute approximate surface area is 184 Å². The van der Waals surface area contributed by atoms with Gasteiger partial charge in [-0.25, -0.2) is 0 Å². The van der Waals surface area contributed by atoms with Gasteiger partial charge in [-0.3, -0.25) is 4.79 Å². The molecule has 0 aliphatic rings. The number of rotatable bonds is 6. The number of ether oxygens (including phenoxy) is 1. The lowest BCUT2D eigenvalue weighted by atomic mass is 10.0. The molecule has 3 aromatic carbocycles. The summed E-state index contributed by atoms with van der Waals surface area (Å²) in [4.78, 5) is 13.4. The maximum Gasteiger partial charge on any atom is 0.249 e. The first-order valence-electron chi connectivity index (χ1n) is 10.2. The molecule has 5 rings (SSSR count). The number of benzene rings is 3. The van der Waals surface area contributed by atoms with Crippen molar-refractivity contribution < 1.29 is 9.53 Å². The van der Waals surface area contributed by atoms with Crippen LogP contribution in [0.2, 0.25) is 0 Å². The molecule has 0 unspecified atom stereocenters. The minimum absolute atomic E-state index is 0.435. The molecule has 4 nitrogen and oxygen atoms in total. The number of nitrogens with zero attached hydrogens (tertiary/aromatic N) is 1. The summed E-state index contributed by atoms with van der Waals surface area (Å²) in [6.45, 7) is 3.20. The number of para-hydroxylation sites is 1. The van der Waals surface area contributed by atoms with Crippen molar-refractivity contribution in [3.05, 3.63) is 89.3 Å². The standard InChI is InChI=1S/C26H21N2O2S/c1-2-30-23-10-4-3-7-18(23)16-28-21-9-5-8-20(26(27)29)25(21)19-13-12-17(15-22(19)28)24-11-6-14-31-24/h3-12,14-15H,2,16H2,1H3,(H2,27,29). The van der Waals surface area contributed by atoms with E-state index in [0.29, 0.717) is 18.7 Å². The van der Waals surface area contributed by atoms with Gasteiger partial charge in [0.05, 0.1) is 24.2 Å². The number of fused-ring (bicyclic) bond motifs is 3. The molecule has 0 aliphatic carbocycles. The van der Waals surface area contributed by atoms with E-state index in [1.165, 1.54) is 4.88 Å². The lowest BCUT2D eigenvalue weighted by Crippen LogP contribution is -2.11. The summed E-state index contributed by atoms with van der Waals surface area (Å²) < 4.78 is 8.09. The molecule has 2 N–H and O–H groups in total. The van der Waals surface area contributed by atoms with Crippen LogP contribution in [0.4, 0.5) is 0 Å². The second kappa shape index (κ2) is 7.93. The van der Waals surface area contributed by atoms with E-state index in [1.54, 1.807) is 17.4 Å². The lowest BCUT2D eigenvalue weighted by Gasteiger charge is -2.13. The quantitative estimate of drug-likeness (QED) is 0.370. The van der Waals surface area contributed by atoms with Crippen molar-refractivity contribution in [2.24, 2.45) is 5.73 Å². The van der Waals surface area contributed by atoms with Crippen molar-refractivity contribution in [1.82, 2.24) is 4.57 Å². The molecule has 153 valence electrons. The molecule has 31 heavy (non-hydrogen) atoms. The Kier molecular flexibility index (Phi) is 4.96. The largest absolute Gasteiger partial charge is 0.494 e. The molecule has 0 saturated heterocycles. The van der Waals surface area contributed by atoms with Crippen molar-refractivity contribution in [1.29, 1.82) is 0 Å². The number of nitrogens with two attached hydrogens (primary N) is 1. The number of hydrogen-bond donors (Lipinski definition) is 1. The topological polar surface area (TPSA) is 57.2 Å². The van der Waals surface area contributed by atoms with Crippen molar-refractivity contribution in [2.75, 3.05) is 6.61 Å². The Morgan fingerprint density at radius 3 is 2.74 bits per heavy atom. The molecular weight excluding hydrogens is 404 g/mol. The van der Waals surface area contributed by atoms with Crippen LogP contribution >= 0.6 is 11.3 Å². The minimum atomic E-state index is -0.435. The maximum absolute atomic E-state index is 12.2. The van der Waals surface area contributed by atoms with E-state index in [2.05, 4.69) is 34.2 Å². The van der Waals surface area contributed by atoms with Crippen LogP contribution in [-0.2, 0) is 6.54 Å². The number of aromatic nitrogens is 1. The van der Waals surface area contributed by atoms with Crippen LogP contribution in [0.25, 0.3) is 32.2 Å². The molecule has 0 aliphatic heterocycles. The molecule has 5 heteroatoms. The molecule has 2 heterocycles. The minimum Gasteiger partial charge on any atom is -0.494 e. The van der Waals surface area contributed by atoms with Crippen LogP contribution in [0, 0.1) is 6.07 Å². The van der Waals surface area contributed by atoms with Gasteiger partial charge in [0.15, 0.2) is 0 Å². The Bertz CT molecular complexity index is 1400. The SMILES string of the molecule is CCOc1ccccc1Cn1c2cc(-c3cccs3)c[c]c2c2c(C(N)=O)cccc21. The number of amides is 1. The zero-order valence-corrected chi connectivity index (χ0v) is 17.9. The third kappa shape index (κ3) is 3.37. The zero-order chi connectivity index (χ0) is 21.4. The molecule has 1 radical (unpaired) electrons. The fourth-order valence-electron chi connectivity index (χ4n) is 4.12. The maximum atomic E-state index is 12.2. The molecule has 0 spiro atoms. The van der Waals surface area contributed by atoms with E-state index in [4.69, 9.17) is 10.5 Å². The van der Waals surface area contributed by atoms with Gasteiger partial charge in [-0.15, -0.1) is 11.3 Å². The number of primary amides is 1. The Balaban J connectivity index is 1.79. The summed E-state index contributed by atoms with van der Waals surface area (Å²) in [6, 6.07) is 25.5. The van der Waals surface area contributed by atoms with E-state index >= 15 is 0 Å². The van der Waals surface area contributed by atoms with Crippen LogP contribution in [0.3, 0.4) is 0 Å². The Hall–Kier alpha value is -3.57. The predicted molar refractivity (Wildman–Crippen MR) is 127 cm³/mol. The highest BCUT2D eigenvalue weighted by atomic mass is 32.1. The fourth-order valence-corrected chi connectivity index (χ4v) is 4.83. The van der Waals surface area contributed by atoms with Gasteiger partial charge < -0.3 is 15.0 Å². The molecular formula is C26H21N2O2S. The number of carbonyl (C=O) groups is 1. The Morgan fingerprint density at radius 1 is 1.10 bits per heavy atom. The Morgan fingerprint density at radius 2 is 1.97 bits per heavy atom. The first-order valence-corrected chi connectivity index (χ1v) is 11.1. The lowest BCUT2D eigenvalue weighted by molar-refractivity contribution is 0.100. The van der Waals surface area contributed by atoms with E-state index in [-0.39, 0.29) is 0 Å². The second-order valence-electron chi connectivity index (χ2n) is 7.32. The summed E-state index contributed by atoms with van der Waals surface area (Å²) >= 11 is 1.70. The summed E-state index contributed by atoms with van der Waals surface area (Å²) in [5.74, 6) is 0.430. The van der Waals surface area contributed by atoms with E-state index in [9.17, 15) is 4.79 Å². The summed E-state index contributed by atoms with van der Waals surface area (Å²) in [5.41, 5.74) is 10.4. The average Bonchev–Trinajstić information content (AvgIpc) is 3.42. The highest BCUT2D eigenvalue weighted by molar-refractivity contribution is 7.13. The van der Waals surface area contributed by atoms with Gasteiger partial charge in [0, 0.05) is 26.8 Å². The third-order valence-electron chi connectivity index (χ3n) is 5.47. The number of carbonyl (C=O) groups excluding carboxylic acids is 1. The van der Waals surface area contributed by atoms with Crippen LogP contribution in [-0.4, -0.2) is 17.1 Å². The van der Waals surface area contributed by atoms with Gasteiger partial charge >= 0.3 is 0 Å². The van der Waals surface area contributed by atoms with Crippen LogP contribution < -0.4 is 10.5 Å². The third-order valence-corrected chi connectivity index (χ3v) is 6.39. The number of hydrogen-bond acceptors (Lipinski definition) is 3. The normalized spacial score (nSPS) is 11.3. The molecule has 0 atom stereocenters. The fraction of sp³-hybridized carbons (Fsp3) is 0.115. The zero-order valence-electron chi connectivity index (χ0n) is 17.1. The van der Waals surface area contributed by atoms with Gasteiger partial charge in [-0.05, 0) is 60.3 Å². The van der Waals surface area contributed by atoms with Gasteiger partial charge in [-0.1, -0.05) is 30.3 Å². The number of thiophene rings is 1. The average molecular weight is 426 g/mol. The second-order valence-corrected chi connectivity index (χ2v) is 8.26. The molecule has 5 aromatic rings.